The van der Waals surface area contributed by atoms with Crippen LogP contribution in [0.3, 0.4) is 0 Å². The van der Waals surface area contributed by atoms with E-state index in [1.165, 1.54) is 10.4 Å². The normalized spacial score (nSPS) is 15.6. The van der Waals surface area contributed by atoms with Crippen molar-refractivity contribution in [2.45, 2.75) is 5.09 Å². The lowest BCUT2D eigenvalue weighted by atomic mass is 10.2. The van der Waals surface area contributed by atoms with Crippen LogP contribution in [0.5, 0.6) is 5.75 Å². The molecule has 1 amide bonds. The Morgan fingerprint density at radius 3 is 2.41 bits per heavy atom. The van der Waals surface area contributed by atoms with E-state index in [4.69, 9.17) is 14.3 Å². The molecule has 9 nitrogen and oxygen atoms in total. The Bertz CT molecular complexity index is 1030. The van der Waals surface area contributed by atoms with Crippen LogP contribution in [-0.2, 0) is 14.8 Å². The summed E-state index contributed by atoms with van der Waals surface area (Å²) >= 11 is 0. The number of rotatable bonds is 6. The maximum absolute atomic E-state index is 12.6. The van der Waals surface area contributed by atoms with Crippen molar-refractivity contribution in [3.8, 4) is 5.75 Å². The number of carboxylic acids is 1. The maximum atomic E-state index is 12.6. The number of sulfonamides is 1. The van der Waals surface area contributed by atoms with Gasteiger partial charge in [0.05, 0.1) is 7.11 Å². The summed E-state index contributed by atoms with van der Waals surface area (Å²) in [5.41, 5.74) is 0.761. The number of benzene rings is 1. The van der Waals surface area contributed by atoms with Crippen LogP contribution in [0.25, 0.3) is 6.08 Å². The quantitative estimate of drug-likeness (QED) is 0.704. The fraction of sp³-hybridized carbons (Fsp3) is 0.263. The minimum absolute atomic E-state index is 0.0830. The average Bonchev–Trinajstić information content (AvgIpc) is 3.24. The molecule has 1 fully saturated rings. The lowest BCUT2D eigenvalue weighted by Gasteiger charge is -2.32. The van der Waals surface area contributed by atoms with Gasteiger partial charge in [0.25, 0.3) is 10.0 Å². The molecule has 2 heterocycles. The van der Waals surface area contributed by atoms with Gasteiger partial charge in [-0.15, -0.1) is 0 Å². The number of aromatic carboxylic acids is 1. The lowest BCUT2D eigenvalue weighted by Crippen LogP contribution is -2.50. The van der Waals surface area contributed by atoms with Crippen molar-refractivity contribution in [1.82, 2.24) is 9.21 Å². The fourth-order valence-electron chi connectivity index (χ4n) is 2.92. The van der Waals surface area contributed by atoms with Crippen molar-refractivity contribution in [3.05, 3.63) is 53.8 Å². The second-order valence-corrected chi connectivity index (χ2v) is 8.10. The first-order chi connectivity index (χ1) is 13.8. The number of para-hydroxylation sites is 1. The van der Waals surface area contributed by atoms with E-state index >= 15 is 0 Å². The highest BCUT2D eigenvalue weighted by molar-refractivity contribution is 7.89. The number of hydrogen-bond donors (Lipinski definition) is 1. The zero-order valence-electron chi connectivity index (χ0n) is 15.6. The zero-order valence-corrected chi connectivity index (χ0v) is 16.5. The summed E-state index contributed by atoms with van der Waals surface area (Å²) in [6, 6.07) is 9.49. The first-order valence-corrected chi connectivity index (χ1v) is 10.2. The molecule has 2 aromatic rings. The van der Waals surface area contributed by atoms with Gasteiger partial charge in [-0.05, 0) is 24.3 Å². The van der Waals surface area contributed by atoms with Crippen LogP contribution in [0.2, 0.25) is 0 Å². The number of carbonyl (C=O) groups is 2. The Morgan fingerprint density at radius 1 is 1.10 bits per heavy atom. The summed E-state index contributed by atoms with van der Waals surface area (Å²) in [5, 5.41) is 8.45. The van der Waals surface area contributed by atoms with Crippen LogP contribution in [0, 0.1) is 0 Å². The SMILES string of the molecule is COc1ccccc1C=CC(=O)N1CCN(S(=O)(=O)c2ccc(C(=O)O)o2)CC1. The second kappa shape index (κ2) is 8.50. The molecule has 1 aliphatic rings. The molecule has 0 radical (unpaired) electrons. The Hall–Kier alpha value is -3.11. The zero-order chi connectivity index (χ0) is 21.0. The molecular formula is C19H20N2O7S. The number of nitrogens with zero attached hydrogens (tertiary/aromatic N) is 2. The smallest absolute Gasteiger partial charge is 0.371 e. The van der Waals surface area contributed by atoms with E-state index in [0.29, 0.717) is 5.75 Å². The molecule has 0 aliphatic carbocycles. The molecule has 1 N–H and O–H groups in total. The highest BCUT2D eigenvalue weighted by Gasteiger charge is 2.32. The lowest BCUT2D eigenvalue weighted by molar-refractivity contribution is -0.127. The molecule has 0 atom stereocenters. The number of piperazine rings is 1. The molecule has 0 saturated carbocycles. The van der Waals surface area contributed by atoms with E-state index in [2.05, 4.69) is 0 Å². The maximum Gasteiger partial charge on any atom is 0.371 e. The molecule has 29 heavy (non-hydrogen) atoms. The van der Waals surface area contributed by atoms with E-state index in [1.54, 1.807) is 24.2 Å². The fourth-order valence-corrected chi connectivity index (χ4v) is 4.25. The molecule has 1 aromatic carbocycles. The van der Waals surface area contributed by atoms with Crippen LogP contribution in [0.15, 0.2) is 52.0 Å². The molecule has 1 aliphatic heterocycles. The highest BCUT2D eigenvalue weighted by Crippen LogP contribution is 2.21. The Kier molecular flexibility index (Phi) is 6.04. The third kappa shape index (κ3) is 4.49. The summed E-state index contributed by atoms with van der Waals surface area (Å²) in [6.07, 6.45) is 3.08. The number of carboxylic acid groups (broad SMARTS) is 1. The van der Waals surface area contributed by atoms with Crippen LogP contribution in [0.1, 0.15) is 16.1 Å². The number of hydrogen-bond acceptors (Lipinski definition) is 6. The van der Waals surface area contributed by atoms with Crippen LogP contribution in [0.4, 0.5) is 0 Å². The van der Waals surface area contributed by atoms with Gasteiger partial charge in [0.2, 0.25) is 16.8 Å². The summed E-state index contributed by atoms with van der Waals surface area (Å²) in [6.45, 7) is 0.584. The standard InChI is InChI=1S/C19H20N2O7S/c1-27-15-5-3-2-4-14(15)6-8-17(22)20-10-12-21(13-11-20)29(25,26)18-9-7-16(28-18)19(23)24/h2-9H,10-13H2,1H3,(H,23,24). The third-order valence-electron chi connectivity index (χ3n) is 4.48. The second-order valence-electron chi connectivity index (χ2n) is 6.23. The van der Waals surface area contributed by atoms with Gasteiger partial charge in [-0.25, -0.2) is 13.2 Å². The molecule has 3 rings (SSSR count). The molecule has 10 heteroatoms. The molecule has 154 valence electrons. The number of methoxy groups -OCH3 is 1. The van der Waals surface area contributed by atoms with Gasteiger partial charge in [0.15, 0.2) is 0 Å². The van der Waals surface area contributed by atoms with Crippen molar-refractivity contribution in [3.63, 3.8) is 0 Å². The number of ether oxygens (including phenoxy) is 1. The van der Waals surface area contributed by atoms with Gasteiger partial charge in [-0.1, -0.05) is 18.2 Å². The largest absolute Gasteiger partial charge is 0.496 e. The Morgan fingerprint density at radius 2 is 1.79 bits per heavy atom. The first-order valence-electron chi connectivity index (χ1n) is 8.76. The topological polar surface area (TPSA) is 117 Å². The van der Waals surface area contributed by atoms with Crippen molar-refractivity contribution in [2.75, 3.05) is 33.3 Å². The average molecular weight is 420 g/mol. The summed E-state index contributed by atoms with van der Waals surface area (Å²) < 4.78 is 36.5. The Labute approximate surface area is 167 Å². The van der Waals surface area contributed by atoms with Crippen molar-refractivity contribution < 1.29 is 32.3 Å². The van der Waals surface area contributed by atoms with Gasteiger partial charge >= 0.3 is 5.97 Å². The van der Waals surface area contributed by atoms with E-state index in [0.717, 1.165) is 17.7 Å². The summed E-state index contributed by atoms with van der Waals surface area (Å²) in [5.74, 6) is -1.38. The van der Waals surface area contributed by atoms with Crippen molar-refractivity contribution in [2.24, 2.45) is 0 Å². The highest BCUT2D eigenvalue weighted by atomic mass is 32.2. The van der Waals surface area contributed by atoms with Gasteiger partial charge < -0.3 is 19.2 Å². The van der Waals surface area contributed by atoms with E-state index in [1.807, 2.05) is 18.2 Å². The van der Waals surface area contributed by atoms with E-state index in [9.17, 15) is 18.0 Å². The number of amides is 1. The molecule has 1 saturated heterocycles. The summed E-state index contributed by atoms with van der Waals surface area (Å²) in [7, 11) is -2.41. The van der Waals surface area contributed by atoms with E-state index in [-0.39, 0.29) is 32.1 Å². The number of furan rings is 1. The first kappa shape index (κ1) is 20.6. The molecular weight excluding hydrogens is 400 g/mol. The predicted molar refractivity (Wildman–Crippen MR) is 103 cm³/mol. The minimum atomic E-state index is -3.96. The van der Waals surface area contributed by atoms with Gasteiger partial charge in [0, 0.05) is 37.8 Å². The van der Waals surface area contributed by atoms with Gasteiger partial charge in [-0.3, -0.25) is 4.79 Å². The van der Waals surface area contributed by atoms with Gasteiger partial charge in [-0.2, -0.15) is 4.31 Å². The molecule has 0 unspecified atom stereocenters. The number of carbonyl (C=O) groups excluding carboxylic acids is 1. The molecule has 0 bridgehead atoms. The minimum Gasteiger partial charge on any atom is -0.496 e. The predicted octanol–water partition coefficient (Wildman–Crippen LogP) is 1.53. The van der Waals surface area contributed by atoms with E-state index < -0.39 is 26.8 Å². The Balaban J connectivity index is 1.63. The monoisotopic (exact) mass is 420 g/mol. The van der Waals surface area contributed by atoms with Crippen LogP contribution >= 0.6 is 0 Å². The summed E-state index contributed by atoms with van der Waals surface area (Å²) in [4.78, 5) is 24.8. The molecule has 1 aromatic heterocycles. The van der Waals surface area contributed by atoms with Crippen LogP contribution < -0.4 is 4.74 Å². The van der Waals surface area contributed by atoms with Gasteiger partial charge in [0.1, 0.15) is 5.75 Å². The van der Waals surface area contributed by atoms with Crippen molar-refractivity contribution >= 4 is 28.0 Å². The molecule has 0 spiro atoms. The van der Waals surface area contributed by atoms with Crippen LogP contribution in [-0.4, -0.2) is 67.9 Å². The third-order valence-corrected chi connectivity index (χ3v) is 6.25. The van der Waals surface area contributed by atoms with Crippen molar-refractivity contribution in [1.29, 1.82) is 0 Å².